The van der Waals surface area contributed by atoms with Crippen LogP contribution in [0, 0.1) is 6.92 Å². The number of hydrogen-bond donors (Lipinski definition) is 2. The van der Waals surface area contributed by atoms with Crippen LogP contribution >= 0.6 is 11.6 Å². The van der Waals surface area contributed by atoms with Crippen LogP contribution in [0.4, 0.5) is 11.4 Å². The summed E-state index contributed by atoms with van der Waals surface area (Å²) in [5, 5.41) is 6.64. The third kappa shape index (κ3) is 4.23. The molecule has 0 aliphatic carbocycles. The van der Waals surface area contributed by atoms with Gasteiger partial charge in [0, 0.05) is 17.8 Å². The summed E-state index contributed by atoms with van der Waals surface area (Å²) in [6.45, 7) is 4.99. The number of benzene rings is 2. The van der Waals surface area contributed by atoms with Gasteiger partial charge in [-0.3, -0.25) is 4.79 Å². The van der Waals surface area contributed by atoms with Crippen LogP contribution < -0.4 is 10.6 Å². The molecule has 3 nitrogen and oxygen atoms in total. The first kappa shape index (κ1) is 15.4. The van der Waals surface area contributed by atoms with E-state index < -0.39 is 0 Å². The molecule has 0 aliphatic heterocycles. The van der Waals surface area contributed by atoms with E-state index in [0.29, 0.717) is 16.3 Å². The molecule has 4 heteroatoms. The van der Waals surface area contributed by atoms with Crippen molar-refractivity contribution in [3.8, 4) is 0 Å². The standard InChI is InChI=1S/C17H19ClN2O/c1-3-10-19-14-7-5-13(6-8-14)17(21)20-16-9-4-12(2)11-15(16)18/h4-9,11,19H,3,10H2,1-2H3,(H,20,21). The van der Waals surface area contributed by atoms with Crippen LogP contribution in [0.5, 0.6) is 0 Å². The fourth-order valence-electron chi connectivity index (χ4n) is 1.92. The van der Waals surface area contributed by atoms with Crippen LogP contribution in [0.1, 0.15) is 29.3 Å². The Hall–Kier alpha value is -2.00. The lowest BCUT2D eigenvalue weighted by Gasteiger charge is -2.09. The number of nitrogens with one attached hydrogen (secondary N) is 2. The van der Waals surface area contributed by atoms with Gasteiger partial charge in [0.2, 0.25) is 0 Å². The highest BCUT2D eigenvalue weighted by Gasteiger charge is 2.08. The fourth-order valence-corrected chi connectivity index (χ4v) is 2.21. The highest BCUT2D eigenvalue weighted by Crippen LogP contribution is 2.23. The number of rotatable bonds is 5. The summed E-state index contributed by atoms with van der Waals surface area (Å²) in [5.41, 5.74) is 3.31. The molecule has 0 aliphatic rings. The van der Waals surface area contributed by atoms with Crippen LogP contribution in [0.3, 0.4) is 0 Å². The van der Waals surface area contributed by atoms with Gasteiger partial charge in [-0.05, 0) is 55.3 Å². The van der Waals surface area contributed by atoms with E-state index in [9.17, 15) is 4.79 Å². The fraction of sp³-hybridized carbons (Fsp3) is 0.235. The molecule has 2 rings (SSSR count). The SMILES string of the molecule is CCCNc1ccc(C(=O)Nc2ccc(C)cc2Cl)cc1. The van der Waals surface area contributed by atoms with E-state index in [1.807, 2.05) is 37.3 Å². The summed E-state index contributed by atoms with van der Waals surface area (Å²) >= 11 is 6.12. The third-order valence-electron chi connectivity index (χ3n) is 3.10. The van der Waals surface area contributed by atoms with Crippen LogP contribution in [-0.2, 0) is 0 Å². The Kier molecular flexibility index (Phi) is 5.23. The molecule has 1 amide bonds. The highest BCUT2D eigenvalue weighted by atomic mass is 35.5. The first-order valence-electron chi connectivity index (χ1n) is 7.01. The molecule has 0 saturated heterocycles. The molecule has 2 N–H and O–H groups in total. The third-order valence-corrected chi connectivity index (χ3v) is 3.41. The van der Waals surface area contributed by atoms with Crippen LogP contribution in [0.25, 0.3) is 0 Å². The van der Waals surface area contributed by atoms with Crippen molar-refractivity contribution in [2.75, 3.05) is 17.2 Å². The van der Waals surface area contributed by atoms with Crippen molar-refractivity contribution < 1.29 is 4.79 Å². The summed E-state index contributed by atoms with van der Waals surface area (Å²) in [6.07, 6.45) is 1.06. The first-order chi connectivity index (χ1) is 10.1. The Bertz CT molecular complexity index is 623. The van der Waals surface area contributed by atoms with Crippen LogP contribution in [-0.4, -0.2) is 12.5 Å². The first-order valence-corrected chi connectivity index (χ1v) is 7.39. The van der Waals surface area contributed by atoms with Crippen molar-refractivity contribution in [3.63, 3.8) is 0 Å². The molecule has 0 atom stereocenters. The molecule has 0 aromatic heterocycles. The van der Waals surface area contributed by atoms with Gasteiger partial charge in [-0.25, -0.2) is 0 Å². The van der Waals surface area contributed by atoms with Gasteiger partial charge >= 0.3 is 0 Å². The quantitative estimate of drug-likeness (QED) is 0.839. The Morgan fingerprint density at radius 3 is 2.48 bits per heavy atom. The molecule has 0 saturated carbocycles. The number of aryl methyl sites for hydroxylation is 1. The summed E-state index contributed by atoms with van der Waals surface area (Å²) < 4.78 is 0. The lowest BCUT2D eigenvalue weighted by Crippen LogP contribution is -2.12. The largest absolute Gasteiger partial charge is 0.385 e. The van der Waals surface area contributed by atoms with Gasteiger partial charge in [-0.2, -0.15) is 0 Å². The zero-order valence-electron chi connectivity index (χ0n) is 12.2. The van der Waals surface area contributed by atoms with Gasteiger partial charge in [0.15, 0.2) is 0 Å². The zero-order valence-corrected chi connectivity index (χ0v) is 13.0. The Morgan fingerprint density at radius 1 is 1.14 bits per heavy atom. The lowest BCUT2D eigenvalue weighted by molar-refractivity contribution is 0.102. The molecule has 0 fully saturated rings. The molecule has 0 unspecified atom stereocenters. The molecular weight excluding hydrogens is 284 g/mol. The van der Waals surface area contributed by atoms with E-state index in [0.717, 1.165) is 24.2 Å². The molecule has 2 aromatic rings. The van der Waals surface area contributed by atoms with Crippen LogP contribution in [0.2, 0.25) is 5.02 Å². The number of anilines is 2. The second-order valence-electron chi connectivity index (χ2n) is 4.94. The topological polar surface area (TPSA) is 41.1 Å². The van der Waals surface area contributed by atoms with E-state index in [2.05, 4.69) is 17.6 Å². The number of amides is 1. The maximum atomic E-state index is 12.2. The summed E-state index contributed by atoms with van der Waals surface area (Å²) in [7, 11) is 0. The van der Waals surface area contributed by atoms with E-state index in [1.54, 1.807) is 12.1 Å². The van der Waals surface area contributed by atoms with Crippen molar-refractivity contribution in [1.82, 2.24) is 0 Å². The number of carbonyl (C=O) groups excluding carboxylic acids is 1. The predicted octanol–water partition coefficient (Wildman–Crippen LogP) is 4.72. The van der Waals surface area contributed by atoms with Gasteiger partial charge in [-0.1, -0.05) is 24.6 Å². The zero-order chi connectivity index (χ0) is 15.2. The average Bonchev–Trinajstić information content (AvgIpc) is 2.48. The van der Waals surface area contributed by atoms with E-state index in [-0.39, 0.29) is 5.91 Å². The summed E-state index contributed by atoms with van der Waals surface area (Å²) in [5.74, 6) is -0.164. The monoisotopic (exact) mass is 302 g/mol. The Labute approximate surface area is 130 Å². The maximum Gasteiger partial charge on any atom is 0.255 e. The Balaban J connectivity index is 2.06. The smallest absolute Gasteiger partial charge is 0.255 e. The van der Waals surface area contributed by atoms with Gasteiger partial charge in [0.1, 0.15) is 0 Å². The maximum absolute atomic E-state index is 12.2. The van der Waals surface area contributed by atoms with E-state index in [1.165, 1.54) is 0 Å². The Morgan fingerprint density at radius 2 is 1.86 bits per heavy atom. The molecule has 21 heavy (non-hydrogen) atoms. The van der Waals surface area contributed by atoms with Crippen molar-refractivity contribution >= 4 is 28.9 Å². The number of carbonyl (C=O) groups is 1. The molecule has 0 radical (unpaired) electrons. The minimum atomic E-state index is -0.164. The minimum Gasteiger partial charge on any atom is -0.385 e. The van der Waals surface area contributed by atoms with Gasteiger partial charge in [0.05, 0.1) is 10.7 Å². The van der Waals surface area contributed by atoms with Crippen molar-refractivity contribution in [2.24, 2.45) is 0 Å². The lowest BCUT2D eigenvalue weighted by atomic mass is 10.1. The van der Waals surface area contributed by atoms with Gasteiger partial charge in [-0.15, -0.1) is 0 Å². The minimum absolute atomic E-state index is 0.164. The molecular formula is C17H19ClN2O. The number of halogens is 1. The van der Waals surface area contributed by atoms with E-state index >= 15 is 0 Å². The molecule has 110 valence electrons. The molecule has 0 spiro atoms. The van der Waals surface area contributed by atoms with Crippen molar-refractivity contribution in [3.05, 3.63) is 58.6 Å². The van der Waals surface area contributed by atoms with Crippen LogP contribution in [0.15, 0.2) is 42.5 Å². The van der Waals surface area contributed by atoms with E-state index in [4.69, 9.17) is 11.6 Å². The average molecular weight is 303 g/mol. The predicted molar refractivity (Wildman–Crippen MR) is 89.4 cm³/mol. The summed E-state index contributed by atoms with van der Waals surface area (Å²) in [6, 6.07) is 13.0. The number of hydrogen-bond acceptors (Lipinski definition) is 2. The van der Waals surface area contributed by atoms with Crippen molar-refractivity contribution in [2.45, 2.75) is 20.3 Å². The second-order valence-corrected chi connectivity index (χ2v) is 5.35. The van der Waals surface area contributed by atoms with Gasteiger partial charge in [0.25, 0.3) is 5.91 Å². The second kappa shape index (κ2) is 7.14. The summed E-state index contributed by atoms with van der Waals surface area (Å²) in [4.78, 5) is 12.2. The normalized spacial score (nSPS) is 10.2. The van der Waals surface area contributed by atoms with Gasteiger partial charge < -0.3 is 10.6 Å². The molecule has 0 bridgehead atoms. The molecule has 0 heterocycles. The van der Waals surface area contributed by atoms with Crippen molar-refractivity contribution in [1.29, 1.82) is 0 Å². The molecule has 2 aromatic carbocycles. The highest BCUT2D eigenvalue weighted by molar-refractivity contribution is 6.34.